The van der Waals surface area contributed by atoms with E-state index in [0.29, 0.717) is 60.3 Å². The first kappa shape index (κ1) is 25.5. The second-order valence-electron chi connectivity index (χ2n) is 10.4. The topological polar surface area (TPSA) is 104 Å². The molecule has 0 spiro atoms. The van der Waals surface area contributed by atoms with Crippen molar-refractivity contribution in [3.63, 3.8) is 0 Å². The number of anilines is 1. The summed E-state index contributed by atoms with van der Waals surface area (Å²) in [6.07, 6.45) is -0.215. The van der Waals surface area contributed by atoms with Crippen molar-refractivity contribution in [2.75, 3.05) is 45.4 Å². The Labute approximate surface area is 226 Å². The summed E-state index contributed by atoms with van der Waals surface area (Å²) in [5, 5.41) is 21.2. The Bertz CT molecular complexity index is 1480. The molecule has 39 heavy (non-hydrogen) atoms. The third-order valence-corrected chi connectivity index (χ3v) is 7.90. The predicted octanol–water partition coefficient (Wildman–Crippen LogP) is 4.28. The number of aryl methyl sites for hydroxylation is 1. The Morgan fingerprint density at radius 1 is 1.21 bits per heavy atom. The van der Waals surface area contributed by atoms with Crippen LogP contribution in [-0.2, 0) is 10.4 Å². The summed E-state index contributed by atoms with van der Waals surface area (Å²) in [6.45, 7) is 3.72. The molecular weight excluding hydrogens is 503 g/mol. The van der Waals surface area contributed by atoms with Gasteiger partial charge in [-0.3, -0.25) is 0 Å². The van der Waals surface area contributed by atoms with E-state index in [9.17, 15) is 10.4 Å². The van der Waals surface area contributed by atoms with Crippen molar-refractivity contribution < 1.29 is 28.1 Å². The highest BCUT2D eigenvalue weighted by molar-refractivity contribution is 5.86. The number of oxazole rings is 1. The van der Waals surface area contributed by atoms with Crippen molar-refractivity contribution >= 4 is 22.5 Å². The molecule has 0 radical (unpaired) electrons. The maximum Gasteiger partial charge on any atom is 0.233 e. The molecule has 0 aliphatic carbocycles. The molecule has 3 aromatic rings. The average molecular weight is 535 g/mol. The number of aromatic nitrogens is 1. The second-order valence-corrected chi connectivity index (χ2v) is 10.4. The first-order valence-corrected chi connectivity index (χ1v) is 13.1. The number of aliphatic hydroxyl groups is 1. The molecule has 0 saturated carbocycles. The van der Waals surface area contributed by atoms with Crippen molar-refractivity contribution in [2.24, 2.45) is 0 Å². The maximum atomic E-state index is 16.2. The average Bonchev–Trinajstić information content (AvgIpc) is 3.61. The molecule has 10 heteroatoms. The van der Waals surface area contributed by atoms with Gasteiger partial charge in [0.25, 0.3) is 0 Å². The Kier molecular flexibility index (Phi) is 6.36. The van der Waals surface area contributed by atoms with Gasteiger partial charge < -0.3 is 33.5 Å². The molecule has 3 aliphatic heterocycles. The number of methoxy groups -OCH3 is 1. The van der Waals surface area contributed by atoms with Crippen LogP contribution in [0.4, 0.5) is 10.1 Å². The van der Waals surface area contributed by atoms with Crippen LogP contribution >= 0.6 is 0 Å². The van der Waals surface area contributed by atoms with Crippen molar-refractivity contribution in [1.29, 1.82) is 5.26 Å². The minimum atomic E-state index is -1.73. The molecule has 204 valence electrons. The molecule has 1 N–H and O–H groups in total. The molecule has 2 unspecified atom stereocenters. The van der Waals surface area contributed by atoms with Crippen LogP contribution in [0.1, 0.15) is 36.3 Å². The van der Waals surface area contributed by atoms with Crippen LogP contribution in [0.5, 0.6) is 11.5 Å². The van der Waals surface area contributed by atoms with E-state index >= 15 is 4.39 Å². The van der Waals surface area contributed by atoms with Crippen LogP contribution in [0.15, 0.2) is 40.3 Å². The molecular formula is C29H31FN4O5. The van der Waals surface area contributed by atoms with Crippen LogP contribution in [0, 0.1) is 18.3 Å². The quantitative estimate of drug-likeness (QED) is 0.514. The summed E-state index contributed by atoms with van der Waals surface area (Å²) in [5.41, 5.74) is 2.68. The highest BCUT2D eigenvalue weighted by atomic mass is 19.1. The molecule has 2 fully saturated rings. The van der Waals surface area contributed by atoms with E-state index in [0.717, 1.165) is 17.5 Å². The summed E-state index contributed by atoms with van der Waals surface area (Å²) >= 11 is 0. The molecule has 0 bridgehead atoms. The first-order chi connectivity index (χ1) is 18.8. The zero-order chi connectivity index (χ0) is 27.3. The van der Waals surface area contributed by atoms with Gasteiger partial charge in [0.1, 0.15) is 23.3 Å². The molecule has 3 aliphatic rings. The van der Waals surface area contributed by atoms with Gasteiger partial charge in [-0.25, -0.2) is 9.37 Å². The lowest BCUT2D eigenvalue weighted by Crippen LogP contribution is -2.44. The zero-order valence-electron chi connectivity index (χ0n) is 22.2. The monoisotopic (exact) mass is 534 g/mol. The van der Waals surface area contributed by atoms with Crippen LogP contribution in [0.3, 0.4) is 0 Å². The highest BCUT2D eigenvalue weighted by Crippen LogP contribution is 2.47. The van der Waals surface area contributed by atoms with Gasteiger partial charge in [0.05, 0.1) is 31.7 Å². The van der Waals surface area contributed by atoms with Gasteiger partial charge in [0.15, 0.2) is 29.0 Å². The molecule has 2 atom stereocenters. The van der Waals surface area contributed by atoms with Crippen molar-refractivity contribution in [1.82, 2.24) is 9.88 Å². The van der Waals surface area contributed by atoms with E-state index in [1.165, 1.54) is 0 Å². The number of hydrogen-bond donors (Lipinski definition) is 1. The highest BCUT2D eigenvalue weighted by Gasteiger charge is 2.43. The van der Waals surface area contributed by atoms with E-state index < -0.39 is 11.9 Å². The lowest BCUT2D eigenvalue weighted by atomic mass is 9.90. The Morgan fingerprint density at radius 2 is 2.00 bits per heavy atom. The number of nitrogens with zero attached hydrogens (tertiary/aromatic N) is 4. The third kappa shape index (κ3) is 4.36. The van der Waals surface area contributed by atoms with E-state index in [1.54, 1.807) is 19.1 Å². The number of rotatable bonds is 5. The fourth-order valence-corrected chi connectivity index (χ4v) is 5.64. The summed E-state index contributed by atoms with van der Waals surface area (Å²) in [7, 11) is 3.29. The zero-order valence-corrected chi connectivity index (χ0v) is 22.2. The third-order valence-electron chi connectivity index (χ3n) is 7.90. The number of ether oxygens (including phenoxy) is 3. The van der Waals surface area contributed by atoms with Crippen LogP contribution in [0.25, 0.3) is 16.8 Å². The number of benzene rings is 2. The molecule has 1 aromatic heterocycles. The largest absolute Gasteiger partial charge is 0.493 e. The van der Waals surface area contributed by atoms with Gasteiger partial charge in [0, 0.05) is 51.0 Å². The van der Waals surface area contributed by atoms with Gasteiger partial charge in [-0.2, -0.15) is 5.26 Å². The van der Waals surface area contributed by atoms with Crippen LogP contribution in [0.2, 0.25) is 0 Å². The SMILES string of the molecule is COc1cc2c(cc1OC1CCOC1)N(C)C(O)C(C#N)=C2N1CCC(F)(c2nc3cc(C)ccc3o2)CC1. The number of piperidine rings is 1. The summed E-state index contributed by atoms with van der Waals surface area (Å²) < 4.78 is 39.3. The van der Waals surface area contributed by atoms with E-state index in [2.05, 4.69) is 11.1 Å². The maximum absolute atomic E-state index is 16.2. The predicted molar refractivity (Wildman–Crippen MR) is 142 cm³/mol. The van der Waals surface area contributed by atoms with E-state index in [-0.39, 0.29) is 30.4 Å². The van der Waals surface area contributed by atoms with Crippen LogP contribution < -0.4 is 14.4 Å². The lowest BCUT2D eigenvalue weighted by molar-refractivity contribution is 0.0522. The van der Waals surface area contributed by atoms with Gasteiger partial charge >= 0.3 is 0 Å². The smallest absolute Gasteiger partial charge is 0.233 e. The fraction of sp³-hybridized carbons (Fsp3) is 0.448. The summed E-state index contributed by atoms with van der Waals surface area (Å²) in [5.74, 6) is 1.14. The van der Waals surface area contributed by atoms with Gasteiger partial charge in [-0.1, -0.05) is 6.07 Å². The number of hydrogen-bond acceptors (Lipinski definition) is 9. The molecule has 2 aromatic carbocycles. The van der Waals surface area contributed by atoms with Gasteiger partial charge in [0.2, 0.25) is 5.89 Å². The van der Waals surface area contributed by atoms with Crippen molar-refractivity contribution in [3.8, 4) is 17.6 Å². The minimum Gasteiger partial charge on any atom is -0.493 e. The Hall–Kier alpha value is -3.81. The number of alkyl halides is 1. The standard InChI is InChI=1S/C29H31FN4O5/c1-17-4-5-23-21(12-17)32-28(39-23)29(30)7-9-34(10-8-29)26-19-13-24(36-3)25(38-18-6-11-37-16-18)14-22(19)33(2)27(35)20(26)15-31/h4-5,12-14,18,27,35H,6-11,16H2,1-3H3. The number of fused-ring (bicyclic) bond motifs is 2. The number of halogens is 1. The summed E-state index contributed by atoms with van der Waals surface area (Å²) in [6, 6.07) is 11.5. The Morgan fingerprint density at radius 3 is 2.69 bits per heavy atom. The number of aliphatic hydroxyl groups excluding tert-OH is 1. The Balaban J connectivity index is 1.33. The molecule has 0 amide bonds. The molecule has 2 saturated heterocycles. The van der Waals surface area contributed by atoms with Crippen molar-refractivity contribution in [3.05, 3.63) is 52.9 Å². The summed E-state index contributed by atoms with van der Waals surface area (Å²) in [4.78, 5) is 8.06. The number of nitriles is 1. The second kappa shape index (κ2) is 9.74. The fourth-order valence-electron chi connectivity index (χ4n) is 5.64. The normalized spacial score (nSPS) is 22.7. The lowest BCUT2D eigenvalue weighted by Gasteiger charge is -2.42. The minimum absolute atomic E-state index is 0.0837. The van der Waals surface area contributed by atoms with E-state index in [4.69, 9.17) is 18.6 Å². The number of likely N-dealkylation sites (N-methyl/N-ethyl adjacent to an activating group) is 1. The first-order valence-electron chi connectivity index (χ1n) is 13.1. The molecule has 4 heterocycles. The molecule has 6 rings (SSSR count). The van der Waals surface area contributed by atoms with Gasteiger partial charge in [-0.05, 0) is 30.7 Å². The van der Waals surface area contributed by atoms with Crippen LogP contribution in [-0.4, -0.2) is 67.8 Å². The van der Waals surface area contributed by atoms with Gasteiger partial charge in [-0.15, -0.1) is 0 Å². The number of likely N-dealkylation sites (tertiary alicyclic amines) is 1. The molecule has 9 nitrogen and oxygen atoms in total. The van der Waals surface area contributed by atoms with Crippen molar-refractivity contribution in [2.45, 2.75) is 44.2 Å². The van der Waals surface area contributed by atoms with E-state index in [1.807, 2.05) is 42.2 Å².